The first-order valence-corrected chi connectivity index (χ1v) is 6.99. The van der Waals surface area contributed by atoms with E-state index in [-0.39, 0.29) is 0 Å². The average Bonchev–Trinajstić information content (AvgIpc) is 3.20. The molecule has 1 aliphatic carbocycles. The molecule has 1 amide bonds. The van der Waals surface area contributed by atoms with Crippen molar-refractivity contribution in [1.82, 2.24) is 4.90 Å². The number of rotatable bonds is 9. The predicted octanol–water partition coefficient (Wildman–Crippen LogP) is 3.71. The first-order chi connectivity index (χ1) is 8.79. The van der Waals surface area contributed by atoms with Crippen LogP contribution in [0.3, 0.4) is 0 Å². The van der Waals surface area contributed by atoms with Gasteiger partial charge in [-0.25, -0.2) is 0 Å². The third kappa shape index (κ3) is 5.85. The average molecular weight is 247 g/mol. The number of carbonyl (C=O) groups is 1. The third-order valence-corrected chi connectivity index (χ3v) is 2.98. The SMILES string of the molecule is C=CCN(C/C=C/CC/C=C\CC)C(=O)C1CC1. The second-order valence-corrected chi connectivity index (χ2v) is 4.73. The Morgan fingerprint density at radius 1 is 1.17 bits per heavy atom. The highest BCUT2D eigenvalue weighted by Crippen LogP contribution is 2.30. The lowest BCUT2D eigenvalue weighted by Crippen LogP contribution is -2.32. The van der Waals surface area contributed by atoms with Crippen molar-refractivity contribution in [3.8, 4) is 0 Å². The van der Waals surface area contributed by atoms with Crippen molar-refractivity contribution in [1.29, 1.82) is 0 Å². The molecule has 2 nitrogen and oxygen atoms in total. The molecule has 0 aromatic heterocycles. The normalized spacial score (nSPS) is 15.4. The highest BCUT2D eigenvalue weighted by molar-refractivity contribution is 5.81. The van der Waals surface area contributed by atoms with Crippen LogP contribution in [0.4, 0.5) is 0 Å². The van der Waals surface area contributed by atoms with E-state index in [1.807, 2.05) is 4.90 Å². The largest absolute Gasteiger partial charge is 0.335 e. The van der Waals surface area contributed by atoms with Crippen molar-refractivity contribution >= 4 is 5.91 Å². The Morgan fingerprint density at radius 2 is 1.83 bits per heavy atom. The van der Waals surface area contributed by atoms with Crippen molar-refractivity contribution in [3.05, 3.63) is 37.0 Å². The van der Waals surface area contributed by atoms with Gasteiger partial charge in [0.15, 0.2) is 0 Å². The Labute approximate surface area is 111 Å². The second-order valence-electron chi connectivity index (χ2n) is 4.73. The van der Waals surface area contributed by atoms with Gasteiger partial charge < -0.3 is 4.90 Å². The molecule has 0 aromatic rings. The van der Waals surface area contributed by atoms with E-state index in [1.54, 1.807) is 6.08 Å². The Hall–Kier alpha value is -1.31. The molecule has 0 saturated heterocycles. The minimum Gasteiger partial charge on any atom is -0.335 e. The van der Waals surface area contributed by atoms with Crippen molar-refractivity contribution < 1.29 is 4.79 Å². The van der Waals surface area contributed by atoms with Crippen LogP contribution < -0.4 is 0 Å². The molecular weight excluding hydrogens is 222 g/mol. The zero-order valence-electron chi connectivity index (χ0n) is 11.5. The molecule has 0 bridgehead atoms. The van der Waals surface area contributed by atoms with Gasteiger partial charge in [-0.3, -0.25) is 4.79 Å². The predicted molar refractivity (Wildman–Crippen MR) is 77.3 cm³/mol. The summed E-state index contributed by atoms with van der Waals surface area (Å²) in [5.41, 5.74) is 0. The van der Waals surface area contributed by atoms with E-state index in [9.17, 15) is 4.79 Å². The molecule has 100 valence electrons. The molecule has 1 rings (SSSR count). The summed E-state index contributed by atoms with van der Waals surface area (Å²) in [4.78, 5) is 13.8. The Bertz CT molecular complexity index is 313. The lowest BCUT2D eigenvalue weighted by atomic mass is 10.2. The highest BCUT2D eigenvalue weighted by Gasteiger charge is 2.32. The number of unbranched alkanes of at least 4 members (excludes halogenated alkanes) is 1. The quantitative estimate of drug-likeness (QED) is 0.449. The van der Waals surface area contributed by atoms with Crippen LogP contribution >= 0.6 is 0 Å². The van der Waals surface area contributed by atoms with Gasteiger partial charge in [-0.15, -0.1) is 6.58 Å². The van der Waals surface area contributed by atoms with E-state index in [1.165, 1.54) is 0 Å². The van der Waals surface area contributed by atoms with E-state index < -0.39 is 0 Å². The summed E-state index contributed by atoms with van der Waals surface area (Å²) in [6.45, 7) is 7.24. The molecule has 1 aliphatic rings. The molecule has 18 heavy (non-hydrogen) atoms. The number of hydrogen-bond donors (Lipinski definition) is 0. The maximum Gasteiger partial charge on any atom is 0.226 e. The van der Waals surface area contributed by atoms with E-state index in [0.29, 0.717) is 18.4 Å². The Morgan fingerprint density at radius 3 is 2.39 bits per heavy atom. The van der Waals surface area contributed by atoms with Gasteiger partial charge in [-0.1, -0.05) is 37.3 Å². The number of allylic oxidation sites excluding steroid dienone is 3. The number of amides is 1. The monoisotopic (exact) mass is 247 g/mol. The van der Waals surface area contributed by atoms with Crippen molar-refractivity contribution in [3.63, 3.8) is 0 Å². The van der Waals surface area contributed by atoms with Gasteiger partial charge in [0.1, 0.15) is 0 Å². The standard InChI is InChI=1S/C16H25NO/c1-3-5-6-7-8-9-10-14-17(13-4-2)16(18)15-11-12-15/h4-6,9-10,15H,2-3,7-8,11-14H2,1H3/b6-5-,10-9+. The van der Waals surface area contributed by atoms with Crippen LogP contribution in [0.2, 0.25) is 0 Å². The second kappa shape index (κ2) is 8.73. The van der Waals surface area contributed by atoms with Gasteiger partial charge in [-0.05, 0) is 32.1 Å². The van der Waals surface area contributed by atoms with Gasteiger partial charge in [0.05, 0.1) is 0 Å². The van der Waals surface area contributed by atoms with Crippen LogP contribution in [-0.4, -0.2) is 23.9 Å². The fourth-order valence-corrected chi connectivity index (χ4v) is 1.80. The molecule has 0 atom stereocenters. The summed E-state index contributed by atoms with van der Waals surface area (Å²) in [6.07, 6.45) is 15.8. The fraction of sp³-hybridized carbons (Fsp3) is 0.562. The molecule has 1 fully saturated rings. The van der Waals surface area contributed by atoms with Crippen molar-refractivity contribution in [2.75, 3.05) is 13.1 Å². The molecule has 0 aliphatic heterocycles. The molecule has 0 spiro atoms. The summed E-state index contributed by atoms with van der Waals surface area (Å²) >= 11 is 0. The molecule has 2 heteroatoms. The lowest BCUT2D eigenvalue weighted by molar-refractivity contribution is -0.131. The topological polar surface area (TPSA) is 20.3 Å². The van der Waals surface area contributed by atoms with Crippen LogP contribution in [0.5, 0.6) is 0 Å². The molecule has 0 heterocycles. The smallest absolute Gasteiger partial charge is 0.226 e. The maximum atomic E-state index is 11.9. The lowest BCUT2D eigenvalue weighted by Gasteiger charge is -2.18. The van der Waals surface area contributed by atoms with Crippen LogP contribution in [0.15, 0.2) is 37.0 Å². The van der Waals surface area contributed by atoms with Gasteiger partial charge in [0, 0.05) is 19.0 Å². The van der Waals surface area contributed by atoms with Gasteiger partial charge in [-0.2, -0.15) is 0 Å². The number of nitrogens with zero attached hydrogens (tertiary/aromatic N) is 1. The van der Waals surface area contributed by atoms with Gasteiger partial charge in [0.25, 0.3) is 0 Å². The van der Waals surface area contributed by atoms with Crippen molar-refractivity contribution in [2.24, 2.45) is 5.92 Å². The van der Waals surface area contributed by atoms with Crippen molar-refractivity contribution in [2.45, 2.75) is 39.0 Å². The Balaban J connectivity index is 2.23. The van der Waals surface area contributed by atoms with Crippen LogP contribution in [-0.2, 0) is 4.79 Å². The van der Waals surface area contributed by atoms with Gasteiger partial charge >= 0.3 is 0 Å². The van der Waals surface area contributed by atoms with Crippen LogP contribution in [0.25, 0.3) is 0 Å². The summed E-state index contributed by atoms with van der Waals surface area (Å²) < 4.78 is 0. The molecular formula is C16H25NO. The maximum absolute atomic E-state index is 11.9. The summed E-state index contributed by atoms with van der Waals surface area (Å²) in [5.74, 6) is 0.594. The highest BCUT2D eigenvalue weighted by atomic mass is 16.2. The minimum absolute atomic E-state index is 0.297. The molecule has 1 saturated carbocycles. The first-order valence-electron chi connectivity index (χ1n) is 6.99. The molecule has 0 unspecified atom stereocenters. The molecule has 0 aromatic carbocycles. The van der Waals surface area contributed by atoms with E-state index in [2.05, 4.69) is 37.8 Å². The first kappa shape index (κ1) is 14.7. The summed E-state index contributed by atoms with van der Waals surface area (Å²) in [6, 6.07) is 0. The van der Waals surface area contributed by atoms with Crippen LogP contribution in [0.1, 0.15) is 39.0 Å². The minimum atomic E-state index is 0.297. The van der Waals surface area contributed by atoms with E-state index in [0.717, 1.165) is 38.6 Å². The third-order valence-electron chi connectivity index (χ3n) is 2.98. The van der Waals surface area contributed by atoms with E-state index >= 15 is 0 Å². The zero-order chi connectivity index (χ0) is 13.2. The number of hydrogen-bond acceptors (Lipinski definition) is 1. The number of carbonyl (C=O) groups excluding carboxylic acids is 1. The molecule has 0 N–H and O–H groups in total. The van der Waals surface area contributed by atoms with Crippen LogP contribution in [0, 0.1) is 5.92 Å². The van der Waals surface area contributed by atoms with E-state index in [4.69, 9.17) is 0 Å². The van der Waals surface area contributed by atoms with Gasteiger partial charge in [0.2, 0.25) is 5.91 Å². The molecule has 0 radical (unpaired) electrons. The summed E-state index contributed by atoms with van der Waals surface area (Å²) in [5, 5.41) is 0. The Kier molecular flexibility index (Phi) is 7.16. The summed E-state index contributed by atoms with van der Waals surface area (Å²) in [7, 11) is 0. The fourth-order valence-electron chi connectivity index (χ4n) is 1.80. The zero-order valence-corrected chi connectivity index (χ0v) is 11.5.